The van der Waals surface area contributed by atoms with Crippen molar-refractivity contribution in [1.29, 1.82) is 0 Å². The molecule has 0 saturated carbocycles. The largest absolute Gasteiger partial charge is 0.432 e. The number of carbonyl (C=O) groups is 1. The van der Waals surface area contributed by atoms with Crippen LogP contribution in [0.2, 0.25) is 23.7 Å². The Morgan fingerprint density at radius 1 is 1.11 bits per heavy atom. The van der Waals surface area contributed by atoms with Crippen molar-refractivity contribution >= 4 is 54.1 Å². The van der Waals surface area contributed by atoms with Gasteiger partial charge in [0.1, 0.15) is 0 Å². The number of aliphatic hydroxyl groups excluding tert-OH is 1. The average Bonchev–Trinajstić information content (AvgIpc) is 3.63. The van der Waals surface area contributed by atoms with Crippen LogP contribution in [0.1, 0.15) is 41.6 Å². The lowest BCUT2D eigenvalue weighted by molar-refractivity contribution is -0.146. The summed E-state index contributed by atoms with van der Waals surface area (Å²) in [7, 11) is -2.82. The number of hydrogen-bond donors (Lipinski definition) is 2. The lowest BCUT2D eigenvalue weighted by Crippen LogP contribution is -2.46. The van der Waals surface area contributed by atoms with Crippen LogP contribution >= 0.6 is 34.2 Å². The van der Waals surface area contributed by atoms with E-state index in [1.165, 1.54) is 0 Å². The van der Waals surface area contributed by atoms with Gasteiger partial charge in [0, 0.05) is 38.4 Å². The van der Waals surface area contributed by atoms with Gasteiger partial charge in [-0.2, -0.15) is 0 Å². The smallest absolute Gasteiger partial charge is 0.264 e. The van der Waals surface area contributed by atoms with Crippen molar-refractivity contribution in [3.05, 3.63) is 110 Å². The van der Waals surface area contributed by atoms with Crippen LogP contribution in [0, 0.1) is 9.49 Å². The second kappa shape index (κ2) is 12.3. The standard InChI is InChI=1S/C33H36ClIN4O4Si/c1-21-31(44(2,3)42)30(14-15-38-19-28(36-37-38)26(20-40)23-9-5-4-6-10-23)43-33(21)27-17-24(34)12-13-29(27)39(32(33)41)18-22-8-7-11-25(35)16-22/h4-13,16-17,19,21,26,30-31,40,42H,14-15,18,20H2,1-3H3/t21-,26?,30+,31-,33+/m0/s1. The molecule has 0 radical (unpaired) electrons. The lowest BCUT2D eigenvalue weighted by atomic mass is 9.82. The van der Waals surface area contributed by atoms with Gasteiger partial charge in [-0.25, -0.2) is 0 Å². The van der Waals surface area contributed by atoms with E-state index in [2.05, 4.69) is 39.0 Å². The second-order valence-corrected chi connectivity index (χ2v) is 18.0. The van der Waals surface area contributed by atoms with E-state index in [1.807, 2.05) is 92.9 Å². The summed E-state index contributed by atoms with van der Waals surface area (Å²) in [4.78, 5) is 28.0. The molecule has 2 aliphatic rings. The summed E-state index contributed by atoms with van der Waals surface area (Å²) in [6.07, 6.45) is 2.00. The zero-order valence-electron chi connectivity index (χ0n) is 24.9. The fourth-order valence-electron chi connectivity index (χ4n) is 7.19. The molecular weight excluding hydrogens is 707 g/mol. The van der Waals surface area contributed by atoms with E-state index < -0.39 is 13.9 Å². The number of ether oxygens (including phenoxy) is 1. The SMILES string of the molecule is C[C@H]1[C@H]([Si](C)(C)O)[C@@H](CCn2cc(C(CO)c3ccccc3)nn2)O[C@]12C(=O)N(Cc1cccc(I)c1)c1ccc(Cl)cc12. The van der Waals surface area contributed by atoms with E-state index in [9.17, 15) is 14.7 Å². The molecular formula is C33H36ClIN4O4Si. The number of aromatic nitrogens is 3. The van der Waals surface area contributed by atoms with Crippen LogP contribution in [0.25, 0.3) is 0 Å². The summed E-state index contributed by atoms with van der Waals surface area (Å²) >= 11 is 8.82. The van der Waals surface area contributed by atoms with Gasteiger partial charge in [0.25, 0.3) is 5.91 Å². The van der Waals surface area contributed by atoms with E-state index in [4.69, 9.17) is 16.3 Å². The molecule has 2 N–H and O–H groups in total. The lowest BCUT2D eigenvalue weighted by Gasteiger charge is -2.32. The predicted molar refractivity (Wildman–Crippen MR) is 181 cm³/mol. The van der Waals surface area contributed by atoms with Crippen LogP contribution in [-0.2, 0) is 28.2 Å². The Kier molecular flexibility index (Phi) is 8.77. The summed E-state index contributed by atoms with van der Waals surface area (Å²) in [5.41, 5.74) is 2.76. The van der Waals surface area contributed by atoms with Crippen molar-refractivity contribution in [3.8, 4) is 0 Å². The highest BCUT2D eigenvalue weighted by molar-refractivity contribution is 14.1. The van der Waals surface area contributed by atoms with Gasteiger partial charge in [0.05, 0.1) is 36.6 Å². The molecule has 5 atom stereocenters. The van der Waals surface area contributed by atoms with E-state index in [-0.39, 0.29) is 36.0 Å². The van der Waals surface area contributed by atoms with Crippen LogP contribution < -0.4 is 4.90 Å². The van der Waals surface area contributed by atoms with Gasteiger partial charge in [0.2, 0.25) is 0 Å². The first-order chi connectivity index (χ1) is 21.0. The number of rotatable bonds is 9. The quantitative estimate of drug-likeness (QED) is 0.159. The van der Waals surface area contributed by atoms with Gasteiger partial charge in [-0.3, -0.25) is 9.48 Å². The van der Waals surface area contributed by atoms with Crippen molar-refractivity contribution in [2.75, 3.05) is 11.5 Å². The van der Waals surface area contributed by atoms with Crippen molar-refractivity contribution in [3.63, 3.8) is 0 Å². The summed E-state index contributed by atoms with van der Waals surface area (Å²) < 4.78 is 9.79. The molecule has 4 aromatic rings. The van der Waals surface area contributed by atoms with Gasteiger partial charge in [-0.15, -0.1) is 5.10 Å². The predicted octanol–water partition coefficient (Wildman–Crippen LogP) is 6.10. The van der Waals surface area contributed by atoms with Gasteiger partial charge in [-0.1, -0.05) is 66.2 Å². The Morgan fingerprint density at radius 3 is 2.59 bits per heavy atom. The molecule has 1 aromatic heterocycles. The molecule has 1 spiro atoms. The van der Waals surface area contributed by atoms with Crippen molar-refractivity contribution in [1.82, 2.24) is 15.0 Å². The Hall–Kier alpha value is -2.61. The Balaban J connectivity index is 1.30. The Morgan fingerprint density at radius 2 is 1.89 bits per heavy atom. The number of halogens is 2. The molecule has 3 heterocycles. The molecule has 6 rings (SSSR count). The van der Waals surface area contributed by atoms with Crippen molar-refractivity contribution < 1.29 is 19.4 Å². The van der Waals surface area contributed by atoms with E-state index >= 15 is 0 Å². The number of nitrogens with zero attached hydrogens (tertiary/aromatic N) is 4. The number of fused-ring (bicyclic) bond motifs is 2. The van der Waals surface area contributed by atoms with Crippen LogP contribution in [0.5, 0.6) is 0 Å². The summed E-state index contributed by atoms with van der Waals surface area (Å²) in [6, 6.07) is 23.4. The maximum absolute atomic E-state index is 14.6. The second-order valence-electron chi connectivity index (χ2n) is 12.4. The highest BCUT2D eigenvalue weighted by atomic mass is 127. The number of benzene rings is 3. The first kappa shape index (κ1) is 31.4. The number of hydrogen-bond acceptors (Lipinski definition) is 6. The molecule has 44 heavy (non-hydrogen) atoms. The third-order valence-corrected chi connectivity index (χ3v) is 12.5. The van der Waals surface area contributed by atoms with Crippen LogP contribution in [0.4, 0.5) is 5.69 Å². The average molecular weight is 743 g/mol. The molecule has 0 bridgehead atoms. The summed E-state index contributed by atoms with van der Waals surface area (Å²) in [5, 5.41) is 19.4. The summed E-state index contributed by atoms with van der Waals surface area (Å²) in [5.74, 6) is -0.680. The summed E-state index contributed by atoms with van der Waals surface area (Å²) in [6.45, 7) is 6.69. The molecule has 3 aromatic carbocycles. The minimum Gasteiger partial charge on any atom is -0.432 e. The Labute approximate surface area is 277 Å². The molecule has 2 aliphatic heterocycles. The first-order valence-electron chi connectivity index (χ1n) is 14.9. The number of aliphatic hydroxyl groups is 1. The molecule has 1 fully saturated rings. The molecule has 0 aliphatic carbocycles. The first-order valence-corrected chi connectivity index (χ1v) is 19.3. The molecule has 230 valence electrons. The van der Waals surface area contributed by atoms with E-state index in [0.717, 1.165) is 25.9 Å². The fourth-order valence-corrected chi connectivity index (χ4v) is 10.6. The monoisotopic (exact) mass is 742 g/mol. The number of amides is 1. The zero-order valence-corrected chi connectivity index (χ0v) is 28.8. The number of aryl methyl sites for hydroxylation is 1. The van der Waals surface area contributed by atoms with Gasteiger partial charge < -0.3 is 19.5 Å². The van der Waals surface area contributed by atoms with E-state index in [1.54, 1.807) is 9.58 Å². The van der Waals surface area contributed by atoms with E-state index in [0.29, 0.717) is 30.2 Å². The van der Waals surface area contributed by atoms with Gasteiger partial charge >= 0.3 is 0 Å². The number of carbonyl (C=O) groups excluding carboxylic acids is 1. The topological polar surface area (TPSA) is 101 Å². The molecule has 8 nitrogen and oxygen atoms in total. The maximum atomic E-state index is 14.6. The number of anilines is 1. The zero-order chi connectivity index (χ0) is 31.2. The van der Waals surface area contributed by atoms with Crippen LogP contribution in [-0.4, -0.2) is 51.8 Å². The van der Waals surface area contributed by atoms with Crippen molar-refractivity contribution in [2.24, 2.45) is 5.92 Å². The molecule has 11 heteroatoms. The normalized spacial score (nSPS) is 23.8. The van der Waals surface area contributed by atoms with Crippen LogP contribution in [0.3, 0.4) is 0 Å². The van der Waals surface area contributed by atoms with Gasteiger partial charge in [-0.05, 0) is 83.6 Å². The third kappa shape index (κ3) is 5.65. The van der Waals surface area contributed by atoms with Crippen LogP contribution in [0.15, 0.2) is 79.0 Å². The minimum atomic E-state index is -2.82. The van der Waals surface area contributed by atoms with Crippen molar-refractivity contribution in [2.45, 2.75) is 62.7 Å². The molecule has 1 amide bonds. The third-order valence-electron chi connectivity index (χ3n) is 9.12. The maximum Gasteiger partial charge on any atom is 0.264 e. The highest BCUT2D eigenvalue weighted by Gasteiger charge is 2.66. The minimum absolute atomic E-state index is 0.0798. The fraction of sp³-hybridized carbons (Fsp3) is 0.364. The Bertz CT molecular complexity index is 1660. The molecule has 1 saturated heterocycles. The van der Waals surface area contributed by atoms with Gasteiger partial charge in [0.15, 0.2) is 13.9 Å². The highest BCUT2D eigenvalue weighted by Crippen LogP contribution is 2.60. The molecule has 1 unspecified atom stereocenters.